The second-order valence-corrected chi connectivity index (χ2v) is 7.01. The van der Waals surface area contributed by atoms with E-state index in [0.717, 1.165) is 11.3 Å². The summed E-state index contributed by atoms with van der Waals surface area (Å²) < 4.78 is 0. The van der Waals surface area contributed by atoms with Crippen LogP contribution in [0.5, 0.6) is 0 Å². The Balaban J connectivity index is 1.60. The van der Waals surface area contributed by atoms with E-state index < -0.39 is 0 Å². The molecule has 0 radical (unpaired) electrons. The number of hydrogen-bond donors (Lipinski definition) is 0. The van der Waals surface area contributed by atoms with E-state index in [-0.39, 0.29) is 23.7 Å². The third-order valence-electron chi connectivity index (χ3n) is 5.92. The fourth-order valence-corrected chi connectivity index (χ4v) is 4.98. The summed E-state index contributed by atoms with van der Waals surface area (Å²) in [5.74, 6) is 1.78. The van der Waals surface area contributed by atoms with Crippen molar-refractivity contribution < 1.29 is 9.59 Å². The monoisotopic (exact) mass is 279 g/mol. The number of hydrogen-bond acceptors (Lipinski definition) is 2. The normalized spacial score (nSPS) is 42.2. The lowest BCUT2D eigenvalue weighted by Gasteiger charge is -2.37. The Labute approximate surface area is 123 Å². The standard InChI is InChI=1S/C18H17NO2/c1-9-3-2-4-10(7-9)19-17(20)15-11-5-6-12(14-8-13(11)14)16(15)18(19)21/h2-7,11-16H,8H2,1H3/t11-,12-,13-,14-,15+,16+/m0/s1. The number of imide groups is 1. The van der Waals surface area contributed by atoms with Gasteiger partial charge in [0.05, 0.1) is 17.5 Å². The van der Waals surface area contributed by atoms with Gasteiger partial charge in [0, 0.05) is 0 Å². The van der Waals surface area contributed by atoms with Crippen molar-refractivity contribution in [2.24, 2.45) is 35.5 Å². The fourth-order valence-electron chi connectivity index (χ4n) is 4.98. The Kier molecular flexibility index (Phi) is 2.04. The second-order valence-electron chi connectivity index (χ2n) is 7.01. The highest BCUT2D eigenvalue weighted by Crippen LogP contribution is 2.65. The zero-order valence-corrected chi connectivity index (χ0v) is 11.9. The van der Waals surface area contributed by atoms with E-state index in [1.54, 1.807) is 0 Å². The number of anilines is 1. The second kappa shape index (κ2) is 3.65. The third-order valence-corrected chi connectivity index (χ3v) is 5.92. The molecule has 0 spiro atoms. The van der Waals surface area contributed by atoms with Gasteiger partial charge >= 0.3 is 0 Å². The van der Waals surface area contributed by atoms with Gasteiger partial charge in [-0.05, 0) is 54.7 Å². The van der Waals surface area contributed by atoms with E-state index in [2.05, 4.69) is 12.2 Å². The molecule has 1 aromatic rings. The minimum Gasteiger partial charge on any atom is -0.274 e. The van der Waals surface area contributed by atoms with Crippen LogP contribution in [0.2, 0.25) is 0 Å². The predicted molar refractivity (Wildman–Crippen MR) is 78.4 cm³/mol. The maximum absolute atomic E-state index is 12.9. The summed E-state index contributed by atoms with van der Waals surface area (Å²) in [6, 6.07) is 7.71. The highest BCUT2D eigenvalue weighted by molar-refractivity contribution is 6.22. The number of rotatable bonds is 1. The molecule has 2 bridgehead atoms. The van der Waals surface area contributed by atoms with Crippen LogP contribution in [0.15, 0.2) is 36.4 Å². The van der Waals surface area contributed by atoms with Gasteiger partial charge in [0.1, 0.15) is 0 Å². The lowest BCUT2D eigenvalue weighted by molar-refractivity contribution is -0.124. The SMILES string of the molecule is Cc1cccc(N2C(=O)[C@@H]3[C@H]4C=C[C@@H]([C@@H]5C[C@@H]45)[C@H]3C2=O)c1. The van der Waals surface area contributed by atoms with Crippen LogP contribution in [0.1, 0.15) is 12.0 Å². The van der Waals surface area contributed by atoms with Gasteiger partial charge in [0.15, 0.2) is 0 Å². The van der Waals surface area contributed by atoms with Crippen LogP contribution in [0.3, 0.4) is 0 Å². The van der Waals surface area contributed by atoms with Crippen LogP contribution in [0.4, 0.5) is 5.69 Å². The van der Waals surface area contributed by atoms with E-state index in [9.17, 15) is 9.59 Å². The Hall–Kier alpha value is -1.90. The van der Waals surface area contributed by atoms with E-state index in [1.165, 1.54) is 11.3 Å². The first-order valence-electron chi connectivity index (χ1n) is 7.79. The lowest BCUT2D eigenvalue weighted by atomic mass is 9.63. The maximum atomic E-state index is 12.9. The van der Waals surface area contributed by atoms with Crippen molar-refractivity contribution in [3.63, 3.8) is 0 Å². The van der Waals surface area contributed by atoms with Crippen molar-refractivity contribution in [1.29, 1.82) is 0 Å². The minimum atomic E-state index is -0.100. The Morgan fingerprint density at radius 3 is 2.19 bits per heavy atom. The molecule has 5 aliphatic rings. The molecule has 1 aromatic carbocycles. The van der Waals surface area contributed by atoms with Crippen molar-refractivity contribution >= 4 is 17.5 Å². The highest BCUT2D eigenvalue weighted by atomic mass is 16.2. The van der Waals surface area contributed by atoms with Crippen molar-refractivity contribution in [1.82, 2.24) is 0 Å². The zero-order chi connectivity index (χ0) is 14.3. The molecular weight excluding hydrogens is 262 g/mol. The number of benzene rings is 1. The predicted octanol–water partition coefficient (Wildman–Crippen LogP) is 2.55. The smallest absolute Gasteiger partial charge is 0.238 e. The maximum Gasteiger partial charge on any atom is 0.238 e. The lowest BCUT2D eigenvalue weighted by Crippen LogP contribution is -2.40. The summed E-state index contributed by atoms with van der Waals surface area (Å²) in [6.07, 6.45) is 5.64. The topological polar surface area (TPSA) is 37.4 Å². The van der Waals surface area contributed by atoms with Gasteiger partial charge < -0.3 is 0 Å². The molecule has 1 aliphatic heterocycles. The van der Waals surface area contributed by atoms with Crippen LogP contribution >= 0.6 is 0 Å². The van der Waals surface area contributed by atoms with Crippen LogP contribution in [-0.4, -0.2) is 11.8 Å². The van der Waals surface area contributed by atoms with Gasteiger partial charge in [-0.1, -0.05) is 24.3 Å². The largest absolute Gasteiger partial charge is 0.274 e. The summed E-state index contributed by atoms with van der Waals surface area (Å²) in [6.45, 7) is 1.99. The molecule has 3 nitrogen and oxygen atoms in total. The van der Waals surface area contributed by atoms with Crippen LogP contribution in [0.25, 0.3) is 0 Å². The molecular formula is C18H17NO2. The molecule has 0 aromatic heterocycles. The molecule has 6 rings (SSSR count). The zero-order valence-electron chi connectivity index (χ0n) is 11.9. The van der Waals surface area contributed by atoms with Gasteiger partial charge in [-0.2, -0.15) is 0 Å². The van der Waals surface area contributed by atoms with E-state index in [0.29, 0.717) is 23.7 Å². The molecule has 106 valence electrons. The van der Waals surface area contributed by atoms with Crippen LogP contribution in [-0.2, 0) is 9.59 Å². The first-order valence-corrected chi connectivity index (χ1v) is 7.79. The number of amides is 2. The number of aryl methyl sites for hydroxylation is 1. The summed E-state index contributed by atoms with van der Waals surface area (Å²) >= 11 is 0. The molecule has 0 N–H and O–H groups in total. The first-order chi connectivity index (χ1) is 10.2. The van der Waals surface area contributed by atoms with E-state index >= 15 is 0 Å². The summed E-state index contributed by atoms with van der Waals surface area (Å²) in [5.41, 5.74) is 1.82. The molecule has 2 saturated carbocycles. The van der Waals surface area contributed by atoms with Gasteiger partial charge in [0.2, 0.25) is 11.8 Å². The summed E-state index contributed by atoms with van der Waals surface area (Å²) in [5, 5.41) is 0. The fraction of sp³-hybridized carbons (Fsp3) is 0.444. The molecule has 1 saturated heterocycles. The van der Waals surface area contributed by atoms with Gasteiger partial charge in [0.25, 0.3) is 0 Å². The molecule has 1 heterocycles. The quantitative estimate of drug-likeness (QED) is 0.585. The highest BCUT2D eigenvalue weighted by Gasteiger charge is 2.67. The van der Waals surface area contributed by atoms with Crippen molar-refractivity contribution in [2.45, 2.75) is 13.3 Å². The van der Waals surface area contributed by atoms with Crippen LogP contribution < -0.4 is 4.90 Å². The number of carbonyl (C=O) groups excluding carboxylic acids is 2. The molecule has 2 amide bonds. The molecule has 4 aliphatic carbocycles. The average molecular weight is 279 g/mol. The van der Waals surface area contributed by atoms with E-state index in [4.69, 9.17) is 0 Å². The Morgan fingerprint density at radius 2 is 1.62 bits per heavy atom. The number of carbonyl (C=O) groups is 2. The average Bonchev–Trinajstić information content (AvgIpc) is 3.24. The molecule has 3 fully saturated rings. The Morgan fingerprint density at radius 1 is 1.00 bits per heavy atom. The van der Waals surface area contributed by atoms with Gasteiger partial charge in [-0.3, -0.25) is 14.5 Å². The summed E-state index contributed by atoms with van der Waals surface area (Å²) in [4.78, 5) is 27.2. The Bertz CT molecular complexity index is 671. The molecule has 21 heavy (non-hydrogen) atoms. The van der Waals surface area contributed by atoms with Gasteiger partial charge in [-0.15, -0.1) is 0 Å². The van der Waals surface area contributed by atoms with Crippen molar-refractivity contribution in [2.75, 3.05) is 4.90 Å². The number of allylic oxidation sites excluding steroid dienone is 2. The minimum absolute atomic E-state index is 0.0281. The van der Waals surface area contributed by atoms with Crippen molar-refractivity contribution in [3.05, 3.63) is 42.0 Å². The third kappa shape index (κ3) is 1.34. The summed E-state index contributed by atoms with van der Waals surface area (Å²) in [7, 11) is 0. The van der Waals surface area contributed by atoms with Crippen molar-refractivity contribution in [3.8, 4) is 0 Å². The number of nitrogens with zero attached hydrogens (tertiary/aromatic N) is 1. The molecule has 0 unspecified atom stereocenters. The van der Waals surface area contributed by atoms with E-state index in [1.807, 2.05) is 31.2 Å². The molecule has 3 heteroatoms. The van der Waals surface area contributed by atoms with Gasteiger partial charge in [-0.25, -0.2) is 0 Å². The van der Waals surface area contributed by atoms with Crippen LogP contribution in [0, 0.1) is 42.4 Å². The first kappa shape index (κ1) is 11.7. The molecule has 6 atom stereocenters.